The summed E-state index contributed by atoms with van der Waals surface area (Å²) in [5.41, 5.74) is -0.419. The van der Waals surface area contributed by atoms with Crippen LogP contribution in [0.25, 0.3) is 0 Å². The Bertz CT molecular complexity index is 468. The van der Waals surface area contributed by atoms with Gasteiger partial charge in [0.05, 0.1) is 5.54 Å². The van der Waals surface area contributed by atoms with Crippen LogP contribution >= 0.6 is 11.3 Å². The second-order valence-corrected chi connectivity index (χ2v) is 7.35. The molecule has 0 bridgehead atoms. The summed E-state index contributed by atoms with van der Waals surface area (Å²) in [6, 6.07) is 4.26. The van der Waals surface area contributed by atoms with Gasteiger partial charge in [-0.05, 0) is 38.3 Å². The van der Waals surface area contributed by atoms with Crippen molar-refractivity contribution < 1.29 is 4.79 Å². The van der Waals surface area contributed by atoms with Gasteiger partial charge in [0.2, 0.25) is 5.91 Å². The molecule has 1 fully saturated rings. The number of nitrogens with zero attached hydrogens (tertiary/aromatic N) is 1. The molecule has 3 nitrogen and oxygen atoms in total. The molecule has 1 aliphatic rings. The molecule has 1 aromatic heterocycles. The maximum atomic E-state index is 12.7. The standard InChI is InChI=1S/C15H24N2OS/c1-6-15(5)14(18)17(9-10(2)3)13(16-15)12-8-7-11(4)19-12/h7-8,10,13,16H,6,9H2,1-5H3. The lowest BCUT2D eigenvalue weighted by atomic mass is 9.99. The number of carbonyl (C=O) groups excluding carboxylic acids is 1. The molecule has 0 radical (unpaired) electrons. The van der Waals surface area contributed by atoms with E-state index in [0.29, 0.717) is 5.92 Å². The highest BCUT2D eigenvalue weighted by molar-refractivity contribution is 7.12. The van der Waals surface area contributed by atoms with Gasteiger partial charge in [0, 0.05) is 16.3 Å². The Hall–Kier alpha value is -0.870. The minimum atomic E-state index is -0.419. The van der Waals surface area contributed by atoms with Crippen LogP contribution in [0, 0.1) is 12.8 Å². The monoisotopic (exact) mass is 280 g/mol. The first kappa shape index (κ1) is 14.5. The fraction of sp³-hybridized carbons (Fsp3) is 0.667. The molecule has 2 atom stereocenters. The Labute approximate surface area is 120 Å². The van der Waals surface area contributed by atoms with Crippen molar-refractivity contribution in [1.29, 1.82) is 0 Å². The van der Waals surface area contributed by atoms with Gasteiger partial charge < -0.3 is 4.90 Å². The Balaban J connectivity index is 2.32. The lowest BCUT2D eigenvalue weighted by Crippen LogP contribution is -2.43. The van der Waals surface area contributed by atoms with E-state index >= 15 is 0 Å². The lowest BCUT2D eigenvalue weighted by Gasteiger charge is -2.25. The van der Waals surface area contributed by atoms with Gasteiger partial charge in [-0.3, -0.25) is 10.1 Å². The van der Waals surface area contributed by atoms with Crippen LogP contribution in [0.15, 0.2) is 12.1 Å². The maximum Gasteiger partial charge on any atom is 0.244 e. The summed E-state index contributed by atoms with van der Waals surface area (Å²) in [6.07, 6.45) is 0.861. The number of rotatable bonds is 4. The van der Waals surface area contributed by atoms with E-state index in [0.717, 1.165) is 13.0 Å². The van der Waals surface area contributed by atoms with E-state index in [1.807, 2.05) is 11.8 Å². The highest BCUT2D eigenvalue weighted by atomic mass is 32.1. The summed E-state index contributed by atoms with van der Waals surface area (Å²) in [6.45, 7) is 11.3. The molecule has 0 aromatic carbocycles. The molecule has 106 valence electrons. The Kier molecular flexibility index (Phi) is 4.02. The number of nitrogens with one attached hydrogen (secondary N) is 1. The molecule has 2 rings (SSSR count). The largest absolute Gasteiger partial charge is 0.320 e. The minimum absolute atomic E-state index is 0.0403. The van der Waals surface area contributed by atoms with Gasteiger partial charge in [-0.15, -0.1) is 11.3 Å². The molecule has 0 saturated carbocycles. The predicted molar refractivity (Wildman–Crippen MR) is 80.2 cm³/mol. The molecule has 0 spiro atoms. The quantitative estimate of drug-likeness (QED) is 0.917. The highest BCUT2D eigenvalue weighted by Crippen LogP contribution is 2.35. The molecule has 1 amide bonds. The van der Waals surface area contributed by atoms with Gasteiger partial charge in [0.25, 0.3) is 0 Å². The van der Waals surface area contributed by atoms with Crippen molar-refractivity contribution in [2.45, 2.75) is 52.7 Å². The zero-order chi connectivity index (χ0) is 14.2. The van der Waals surface area contributed by atoms with Crippen molar-refractivity contribution in [3.8, 4) is 0 Å². The first-order valence-electron chi connectivity index (χ1n) is 7.02. The number of aryl methyl sites for hydroxylation is 1. The van der Waals surface area contributed by atoms with E-state index in [4.69, 9.17) is 0 Å². The third-order valence-corrected chi connectivity index (χ3v) is 4.85. The number of amides is 1. The van der Waals surface area contributed by atoms with Crippen molar-refractivity contribution in [2.24, 2.45) is 5.92 Å². The summed E-state index contributed by atoms with van der Waals surface area (Å²) in [5, 5.41) is 3.54. The summed E-state index contributed by atoms with van der Waals surface area (Å²) in [7, 11) is 0. The maximum absolute atomic E-state index is 12.7. The lowest BCUT2D eigenvalue weighted by molar-refractivity contribution is -0.133. The molecule has 1 saturated heterocycles. The first-order chi connectivity index (χ1) is 8.87. The average Bonchev–Trinajstić information content (AvgIpc) is 2.87. The zero-order valence-electron chi connectivity index (χ0n) is 12.5. The molecule has 0 aliphatic carbocycles. The number of carbonyl (C=O) groups is 1. The Morgan fingerprint density at radius 1 is 1.47 bits per heavy atom. The highest BCUT2D eigenvalue weighted by Gasteiger charge is 2.47. The van der Waals surface area contributed by atoms with E-state index in [9.17, 15) is 4.79 Å². The van der Waals surface area contributed by atoms with Crippen LogP contribution in [0.3, 0.4) is 0 Å². The van der Waals surface area contributed by atoms with Crippen molar-refractivity contribution >= 4 is 17.2 Å². The molecule has 2 heterocycles. The average molecular weight is 280 g/mol. The van der Waals surface area contributed by atoms with Crippen LogP contribution in [-0.4, -0.2) is 22.9 Å². The minimum Gasteiger partial charge on any atom is -0.320 e. The van der Waals surface area contributed by atoms with Gasteiger partial charge in [-0.1, -0.05) is 20.8 Å². The van der Waals surface area contributed by atoms with Crippen molar-refractivity contribution in [1.82, 2.24) is 10.2 Å². The van der Waals surface area contributed by atoms with Gasteiger partial charge in [-0.2, -0.15) is 0 Å². The van der Waals surface area contributed by atoms with E-state index < -0.39 is 5.54 Å². The van der Waals surface area contributed by atoms with Crippen LogP contribution in [-0.2, 0) is 4.79 Å². The van der Waals surface area contributed by atoms with Crippen molar-refractivity contribution in [3.05, 3.63) is 21.9 Å². The number of hydrogen-bond acceptors (Lipinski definition) is 3. The number of thiophene rings is 1. The Morgan fingerprint density at radius 2 is 2.16 bits per heavy atom. The summed E-state index contributed by atoms with van der Waals surface area (Å²) in [4.78, 5) is 17.2. The van der Waals surface area contributed by atoms with Gasteiger partial charge in [0.1, 0.15) is 6.17 Å². The van der Waals surface area contributed by atoms with Gasteiger partial charge >= 0.3 is 0 Å². The van der Waals surface area contributed by atoms with Crippen LogP contribution < -0.4 is 5.32 Å². The topological polar surface area (TPSA) is 32.3 Å². The molecule has 1 N–H and O–H groups in total. The zero-order valence-corrected chi connectivity index (χ0v) is 13.3. The second-order valence-electron chi connectivity index (χ2n) is 6.03. The van der Waals surface area contributed by atoms with Gasteiger partial charge in [-0.25, -0.2) is 0 Å². The molecular formula is C15H24N2OS. The third-order valence-electron chi connectivity index (χ3n) is 3.80. The second kappa shape index (κ2) is 5.25. The summed E-state index contributed by atoms with van der Waals surface area (Å²) in [5.74, 6) is 0.716. The van der Waals surface area contributed by atoms with Crippen molar-refractivity contribution in [3.63, 3.8) is 0 Å². The molecule has 4 heteroatoms. The van der Waals surface area contributed by atoms with E-state index in [1.165, 1.54) is 9.75 Å². The summed E-state index contributed by atoms with van der Waals surface area (Å²) < 4.78 is 0. The van der Waals surface area contributed by atoms with E-state index in [1.54, 1.807) is 11.3 Å². The van der Waals surface area contributed by atoms with Crippen LogP contribution in [0.1, 0.15) is 50.0 Å². The van der Waals surface area contributed by atoms with E-state index in [2.05, 4.69) is 45.1 Å². The third kappa shape index (κ3) is 2.70. The smallest absolute Gasteiger partial charge is 0.244 e. The SMILES string of the molecule is CCC1(C)NC(c2ccc(C)s2)N(CC(C)C)C1=O. The Morgan fingerprint density at radius 3 is 2.63 bits per heavy atom. The fourth-order valence-electron chi connectivity index (χ4n) is 2.54. The number of hydrogen-bond donors (Lipinski definition) is 1. The molecular weight excluding hydrogens is 256 g/mol. The molecule has 1 aromatic rings. The normalized spacial score (nSPS) is 27.6. The molecule has 1 aliphatic heterocycles. The van der Waals surface area contributed by atoms with Crippen LogP contribution in [0.2, 0.25) is 0 Å². The fourth-order valence-corrected chi connectivity index (χ4v) is 3.48. The predicted octanol–water partition coefficient (Wildman–Crippen LogP) is 3.31. The molecule has 2 unspecified atom stereocenters. The van der Waals surface area contributed by atoms with Crippen LogP contribution in [0.5, 0.6) is 0 Å². The van der Waals surface area contributed by atoms with Crippen molar-refractivity contribution in [2.75, 3.05) is 6.54 Å². The van der Waals surface area contributed by atoms with Gasteiger partial charge in [0.15, 0.2) is 0 Å². The molecule has 19 heavy (non-hydrogen) atoms. The van der Waals surface area contributed by atoms with E-state index in [-0.39, 0.29) is 12.1 Å². The van der Waals surface area contributed by atoms with Crippen LogP contribution in [0.4, 0.5) is 0 Å². The summed E-state index contributed by atoms with van der Waals surface area (Å²) >= 11 is 1.77. The first-order valence-corrected chi connectivity index (χ1v) is 7.84.